The third kappa shape index (κ3) is 4.52. The van der Waals surface area contributed by atoms with Crippen LogP contribution >= 0.6 is 36.6 Å². The summed E-state index contributed by atoms with van der Waals surface area (Å²) in [5, 5.41) is 13.2. The zero-order valence-electron chi connectivity index (χ0n) is 12.3. The fourth-order valence-electron chi connectivity index (χ4n) is 2.23. The van der Waals surface area contributed by atoms with Gasteiger partial charge in [0.1, 0.15) is 5.75 Å². The number of methoxy groups -OCH3 is 1. The molecular weight excluding hydrogens is 343 g/mol. The number of hydrogen-bond acceptors (Lipinski definition) is 6. The lowest BCUT2D eigenvalue weighted by Gasteiger charge is -2.30. The molecule has 0 spiro atoms. The Morgan fingerprint density at radius 1 is 1.09 bits per heavy atom. The van der Waals surface area contributed by atoms with E-state index in [0.717, 1.165) is 54.1 Å². The lowest BCUT2D eigenvalue weighted by molar-refractivity contribution is 0.362. The molecule has 1 saturated heterocycles. The standard InChI is InChI=1S/C14H18N4OS.2ClH/c1-19-12-4-2-11(3-5-12)13-10-20-14(17-16-13)18-8-6-15-7-9-18;;/h2-5,15H,6-10H2,1H3;2*1H. The minimum atomic E-state index is 0. The van der Waals surface area contributed by atoms with E-state index in [-0.39, 0.29) is 24.8 Å². The van der Waals surface area contributed by atoms with Crippen molar-refractivity contribution in [1.29, 1.82) is 0 Å². The van der Waals surface area contributed by atoms with Crippen LogP contribution in [-0.4, -0.2) is 54.8 Å². The smallest absolute Gasteiger partial charge is 0.186 e. The number of amidine groups is 1. The molecule has 2 heterocycles. The van der Waals surface area contributed by atoms with Gasteiger partial charge in [0, 0.05) is 31.9 Å². The highest BCUT2D eigenvalue weighted by Gasteiger charge is 2.19. The molecule has 22 heavy (non-hydrogen) atoms. The van der Waals surface area contributed by atoms with E-state index in [2.05, 4.69) is 20.4 Å². The predicted molar refractivity (Wildman–Crippen MR) is 98.4 cm³/mol. The Labute approximate surface area is 147 Å². The maximum Gasteiger partial charge on any atom is 0.186 e. The van der Waals surface area contributed by atoms with E-state index in [1.807, 2.05) is 24.3 Å². The Balaban J connectivity index is 0.00000121. The van der Waals surface area contributed by atoms with E-state index < -0.39 is 0 Å². The van der Waals surface area contributed by atoms with Gasteiger partial charge in [-0.15, -0.1) is 29.9 Å². The number of benzene rings is 1. The Morgan fingerprint density at radius 2 is 1.77 bits per heavy atom. The van der Waals surface area contributed by atoms with Gasteiger partial charge < -0.3 is 15.0 Å². The minimum Gasteiger partial charge on any atom is -0.497 e. The van der Waals surface area contributed by atoms with Gasteiger partial charge >= 0.3 is 0 Å². The molecule has 8 heteroatoms. The Kier molecular flexibility index (Phi) is 8.03. The van der Waals surface area contributed by atoms with Crippen LogP contribution in [0.25, 0.3) is 0 Å². The summed E-state index contributed by atoms with van der Waals surface area (Å²) in [5.74, 6) is 1.73. The number of nitrogens with one attached hydrogen (secondary N) is 1. The van der Waals surface area contributed by atoms with Gasteiger partial charge in [-0.05, 0) is 29.8 Å². The number of nitrogens with zero attached hydrogens (tertiary/aromatic N) is 3. The van der Waals surface area contributed by atoms with Gasteiger partial charge in [0.25, 0.3) is 0 Å². The average Bonchev–Trinajstić information content (AvgIpc) is 2.56. The van der Waals surface area contributed by atoms with Crippen molar-refractivity contribution in [3.8, 4) is 5.75 Å². The molecular formula is C14H20Cl2N4OS. The molecule has 1 fully saturated rings. The molecule has 0 atom stereocenters. The Bertz CT molecular complexity index is 530. The van der Waals surface area contributed by atoms with Crippen molar-refractivity contribution in [3.63, 3.8) is 0 Å². The number of rotatable bonds is 2. The zero-order valence-corrected chi connectivity index (χ0v) is 14.8. The average molecular weight is 363 g/mol. The normalized spacial score (nSPS) is 17.6. The maximum absolute atomic E-state index is 5.17. The van der Waals surface area contributed by atoms with Crippen molar-refractivity contribution < 1.29 is 4.74 Å². The number of hydrogen-bond donors (Lipinski definition) is 1. The zero-order chi connectivity index (χ0) is 13.8. The molecule has 1 aromatic rings. The van der Waals surface area contributed by atoms with Gasteiger partial charge in [0.15, 0.2) is 5.17 Å². The van der Waals surface area contributed by atoms with Crippen LogP contribution in [0.4, 0.5) is 0 Å². The maximum atomic E-state index is 5.17. The van der Waals surface area contributed by atoms with Crippen LogP contribution in [0.3, 0.4) is 0 Å². The predicted octanol–water partition coefficient (Wildman–Crippen LogP) is 2.25. The van der Waals surface area contributed by atoms with E-state index in [9.17, 15) is 0 Å². The topological polar surface area (TPSA) is 49.2 Å². The first-order valence-corrected chi connectivity index (χ1v) is 7.73. The van der Waals surface area contributed by atoms with E-state index in [0.29, 0.717) is 0 Å². The molecule has 0 aliphatic carbocycles. The van der Waals surface area contributed by atoms with Crippen molar-refractivity contribution in [2.24, 2.45) is 10.2 Å². The van der Waals surface area contributed by atoms with Crippen molar-refractivity contribution in [1.82, 2.24) is 10.2 Å². The summed E-state index contributed by atoms with van der Waals surface area (Å²) < 4.78 is 5.17. The Hall–Kier alpha value is -0.950. The molecule has 0 amide bonds. The highest BCUT2D eigenvalue weighted by Crippen LogP contribution is 2.20. The van der Waals surface area contributed by atoms with Crippen molar-refractivity contribution in [3.05, 3.63) is 29.8 Å². The number of halogens is 2. The van der Waals surface area contributed by atoms with Gasteiger partial charge in [0.05, 0.1) is 12.8 Å². The first-order chi connectivity index (χ1) is 9.86. The molecule has 0 radical (unpaired) electrons. The molecule has 1 N–H and O–H groups in total. The summed E-state index contributed by atoms with van der Waals surface area (Å²) in [6, 6.07) is 7.98. The summed E-state index contributed by atoms with van der Waals surface area (Å²) in [7, 11) is 1.67. The summed E-state index contributed by atoms with van der Waals surface area (Å²) in [6.07, 6.45) is 0. The quantitative estimate of drug-likeness (QED) is 0.876. The molecule has 0 unspecified atom stereocenters. The van der Waals surface area contributed by atoms with Gasteiger partial charge in [-0.25, -0.2) is 0 Å². The molecule has 1 aromatic carbocycles. The first-order valence-electron chi connectivity index (χ1n) is 6.74. The second-order valence-corrected chi connectivity index (χ2v) is 5.63. The fraction of sp³-hybridized carbons (Fsp3) is 0.429. The van der Waals surface area contributed by atoms with Crippen molar-refractivity contribution in [2.75, 3.05) is 39.0 Å². The third-order valence-corrected chi connectivity index (χ3v) is 4.42. The largest absolute Gasteiger partial charge is 0.497 e. The van der Waals surface area contributed by atoms with E-state index in [4.69, 9.17) is 4.74 Å². The second kappa shape index (κ2) is 9.25. The van der Waals surface area contributed by atoms with Crippen LogP contribution in [0.1, 0.15) is 5.56 Å². The van der Waals surface area contributed by atoms with Crippen LogP contribution in [0, 0.1) is 0 Å². The monoisotopic (exact) mass is 362 g/mol. The van der Waals surface area contributed by atoms with Gasteiger partial charge in [-0.1, -0.05) is 11.8 Å². The third-order valence-electron chi connectivity index (χ3n) is 3.41. The summed E-state index contributed by atoms with van der Waals surface area (Å²) in [5.41, 5.74) is 2.14. The van der Waals surface area contributed by atoms with Gasteiger partial charge in [0.2, 0.25) is 0 Å². The lowest BCUT2D eigenvalue weighted by atomic mass is 10.1. The molecule has 2 aliphatic rings. The summed E-state index contributed by atoms with van der Waals surface area (Å²) in [6.45, 7) is 4.07. The van der Waals surface area contributed by atoms with E-state index in [1.54, 1.807) is 18.9 Å². The van der Waals surface area contributed by atoms with Crippen LogP contribution in [-0.2, 0) is 0 Å². The number of ether oxygens (including phenoxy) is 1. The van der Waals surface area contributed by atoms with Crippen LogP contribution < -0.4 is 10.1 Å². The van der Waals surface area contributed by atoms with E-state index >= 15 is 0 Å². The van der Waals surface area contributed by atoms with Crippen molar-refractivity contribution >= 4 is 47.5 Å². The molecule has 122 valence electrons. The number of piperazine rings is 1. The van der Waals surface area contributed by atoms with Crippen LogP contribution in [0.2, 0.25) is 0 Å². The highest BCUT2D eigenvalue weighted by molar-refractivity contribution is 8.14. The van der Waals surface area contributed by atoms with Crippen molar-refractivity contribution in [2.45, 2.75) is 0 Å². The fourth-order valence-corrected chi connectivity index (χ4v) is 3.18. The minimum absolute atomic E-state index is 0. The van der Waals surface area contributed by atoms with Crippen LogP contribution in [0.5, 0.6) is 5.75 Å². The molecule has 0 saturated carbocycles. The number of thioether (sulfide) groups is 1. The van der Waals surface area contributed by atoms with Gasteiger partial charge in [-0.3, -0.25) is 0 Å². The molecule has 5 nitrogen and oxygen atoms in total. The summed E-state index contributed by atoms with van der Waals surface area (Å²) in [4.78, 5) is 2.30. The molecule has 3 rings (SSSR count). The van der Waals surface area contributed by atoms with Crippen LogP contribution in [0.15, 0.2) is 34.5 Å². The Morgan fingerprint density at radius 3 is 2.32 bits per heavy atom. The molecule has 0 aromatic heterocycles. The molecule has 2 aliphatic heterocycles. The lowest BCUT2D eigenvalue weighted by Crippen LogP contribution is -2.46. The van der Waals surface area contributed by atoms with E-state index in [1.165, 1.54) is 0 Å². The second-order valence-electron chi connectivity index (χ2n) is 4.68. The summed E-state index contributed by atoms with van der Waals surface area (Å²) >= 11 is 1.77. The highest BCUT2D eigenvalue weighted by atomic mass is 35.5. The SMILES string of the molecule is COc1ccc(C2=NN=C(N3CCNCC3)SC2)cc1.Cl.Cl. The molecule has 0 bridgehead atoms. The first kappa shape index (κ1) is 19.1. The van der Waals surface area contributed by atoms with Gasteiger partial charge in [-0.2, -0.15) is 5.10 Å².